The Morgan fingerprint density at radius 3 is 2.05 bits per heavy atom. The Morgan fingerprint density at radius 2 is 1.49 bits per heavy atom. The first-order chi connectivity index (χ1) is 19.1. The number of hydrogen-bond donors (Lipinski definition) is 1. The molecule has 0 aromatic heterocycles. The molecule has 1 aliphatic heterocycles. The third kappa shape index (κ3) is 6.94. The van der Waals surface area contributed by atoms with Crippen LogP contribution < -0.4 is 14.4 Å². The van der Waals surface area contributed by atoms with E-state index in [0.717, 1.165) is 52.8 Å². The van der Waals surface area contributed by atoms with Crippen LogP contribution >= 0.6 is 0 Å². The average molecular weight is 611 g/mol. The van der Waals surface area contributed by atoms with Crippen LogP contribution in [-0.4, -0.2) is 47.3 Å². The smallest absolute Gasteiger partial charge is 0.412 e. The Labute approximate surface area is 237 Å². The van der Waals surface area contributed by atoms with Gasteiger partial charge in [0.15, 0.2) is 0 Å². The van der Waals surface area contributed by atoms with Gasteiger partial charge in [-0.3, -0.25) is 13.8 Å². The molecule has 0 unspecified atom stereocenters. The number of hydrogen-bond acceptors (Lipinski definition) is 8. The zero-order valence-electron chi connectivity index (χ0n) is 22.5. The lowest BCUT2D eigenvalue weighted by Crippen LogP contribution is -2.52. The standard InChI is InChI=1S/C27H28F2N2O8S2/c1-17-25(16-37-41(35,36)22-12-7-19(29)8-13-22)38-24-14-9-20(30-26(32)39-27(2,3)4)15-23(24)31(17)40(33,34)21-10-5-18(28)6-11-21/h5-15,17,25H,16H2,1-4H3,(H,30,32)/t17-,25+/m0/s1. The molecule has 0 radical (unpaired) electrons. The second-order valence-electron chi connectivity index (χ2n) is 10.2. The number of nitrogens with one attached hydrogen (secondary N) is 1. The van der Waals surface area contributed by atoms with Gasteiger partial charge in [-0.25, -0.2) is 22.0 Å². The lowest BCUT2D eigenvalue weighted by molar-refractivity contribution is 0.0636. The first-order valence-electron chi connectivity index (χ1n) is 12.3. The van der Waals surface area contributed by atoms with Crippen molar-refractivity contribution in [3.05, 3.63) is 78.4 Å². The van der Waals surface area contributed by atoms with Gasteiger partial charge in [0, 0.05) is 5.69 Å². The fraction of sp³-hybridized carbons (Fsp3) is 0.296. The summed E-state index contributed by atoms with van der Waals surface area (Å²) in [5, 5.41) is 2.54. The number of nitrogens with zero attached hydrogens (tertiary/aromatic N) is 1. The minimum Gasteiger partial charge on any atom is -0.484 e. The molecule has 0 aliphatic carbocycles. The average Bonchev–Trinajstić information content (AvgIpc) is 2.87. The van der Waals surface area contributed by atoms with Crippen LogP contribution in [0.3, 0.4) is 0 Å². The van der Waals surface area contributed by atoms with Gasteiger partial charge in [-0.15, -0.1) is 0 Å². The lowest BCUT2D eigenvalue weighted by atomic mass is 10.1. The molecule has 1 heterocycles. The summed E-state index contributed by atoms with van der Waals surface area (Å²) in [5.41, 5.74) is -0.551. The molecule has 0 saturated heterocycles. The molecule has 14 heteroatoms. The first kappa shape index (κ1) is 30.2. The summed E-state index contributed by atoms with van der Waals surface area (Å²) < 4.78 is 97.3. The normalized spacial score (nSPS) is 17.4. The zero-order valence-corrected chi connectivity index (χ0v) is 24.1. The minimum absolute atomic E-state index is 0.0352. The van der Waals surface area contributed by atoms with E-state index < -0.39 is 62.2 Å². The van der Waals surface area contributed by atoms with Gasteiger partial charge in [0.05, 0.1) is 21.5 Å². The summed E-state index contributed by atoms with van der Waals surface area (Å²) in [7, 11) is -8.70. The van der Waals surface area contributed by atoms with Crippen LogP contribution in [-0.2, 0) is 29.1 Å². The van der Waals surface area contributed by atoms with Crippen LogP contribution in [0.2, 0.25) is 0 Å². The lowest BCUT2D eigenvalue weighted by Gasteiger charge is -2.40. The quantitative estimate of drug-likeness (QED) is 0.368. The van der Waals surface area contributed by atoms with Gasteiger partial charge in [-0.05, 0) is 94.4 Å². The van der Waals surface area contributed by atoms with E-state index in [1.165, 1.54) is 25.1 Å². The molecule has 2 atom stereocenters. The number of benzene rings is 3. The van der Waals surface area contributed by atoms with E-state index in [0.29, 0.717) is 0 Å². The van der Waals surface area contributed by atoms with E-state index in [9.17, 15) is 30.4 Å². The summed E-state index contributed by atoms with van der Waals surface area (Å²) in [6.07, 6.45) is -1.90. The fourth-order valence-electron chi connectivity index (χ4n) is 3.99. The Bertz CT molecular complexity index is 1640. The van der Waals surface area contributed by atoms with Crippen molar-refractivity contribution in [2.24, 2.45) is 0 Å². The number of sulfonamides is 1. The number of carbonyl (C=O) groups is 1. The monoisotopic (exact) mass is 610 g/mol. The third-order valence-corrected chi connectivity index (χ3v) is 9.10. The molecule has 0 fully saturated rings. The maximum atomic E-state index is 13.8. The van der Waals surface area contributed by atoms with E-state index in [2.05, 4.69) is 5.32 Å². The van der Waals surface area contributed by atoms with Crippen molar-refractivity contribution in [1.29, 1.82) is 0 Å². The molecule has 41 heavy (non-hydrogen) atoms. The summed E-state index contributed by atoms with van der Waals surface area (Å²) in [6, 6.07) is 11.4. The zero-order chi connectivity index (χ0) is 30.2. The minimum atomic E-state index is -4.36. The molecule has 0 spiro atoms. The molecule has 3 aromatic rings. The Kier molecular flexibility index (Phi) is 8.30. The molecule has 1 amide bonds. The number of amides is 1. The molecule has 4 rings (SSSR count). The summed E-state index contributed by atoms with van der Waals surface area (Å²) >= 11 is 0. The Morgan fingerprint density at radius 1 is 0.927 bits per heavy atom. The van der Waals surface area contributed by atoms with Crippen molar-refractivity contribution in [3.8, 4) is 5.75 Å². The number of carbonyl (C=O) groups excluding carboxylic acids is 1. The molecular weight excluding hydrogens is 582 g/mol. The van der Waals surface area contributed by atoms with E-state index in [1.54, 1.807) is 20.8 Å². The van der Waals surface area contributed by atoms with Crippen LogP contribution in [0.4, 0.5) is 25.0 Å². The number of fused-ring (bicyclic) bond motifs is 1. The predicted molar refractivity (Wildman–Crippen MR) is 146 cm³/mol. The van der Waals surface area contributed by atoms with Gasteiger partial charge in [0.2, 0.25) is 0 Å². The second-order valence-corrected chi connectivity index (χ2v) is 13.6. The maximum absolute atomic E-state index is 13.8. The van der Waals surface area contributed by atoms with Crippen molar-refractivity contribution in [1.82, 2.24) is 0 Å². The van der Waals surface area contributed by atoms with Crippen LogP contribution in [0.15, 0.2) is 76.5 Å². The Hall–Kier alpha value is -3.75. The van der Waals surface area contributed by atoms with Crippen LogP contribution in [0.5, 0.6) is 5.75 Å². The van der Waals surface area contributed by atoms with Gasteiger partial charge in [0.25, 0.3) is 20.1 Å². The molecule has 10 nitrogen and oxygen atoms in total. The highest BCUT2D eigenvalue weighted by Gasteiger charge is 2.41. The van der Waals surface area contributed by atoms with E-state index in [4.69, 9.17) is 13.7 Å². The molecular formula is C27H28F2N2O8S2. The number of anilines is 2. The molecule has 0 saturated carbocycles. The number of ether oxygens (including phenoxy) is 2. The highest BCUT2D eigenvalue weighted by Crippen LogP contribution is 2.42. The number of rotatable bonds is 7. The molecule has 1 N–H and O–H groups in total. The molecule has 1 aliphatic rings. The van der Waals surface area contributed by atoms with Crippen LogP contribution in [0, 0.1) is 11.6 Å². The van der Waals surface area contributed by atoms with Gasteiger partial charge in [0.1, 0.15) is 35.7 Å². The van der Waals surface area contributed by atoms with Crippen molar-refractivity contribution < 1.29 is 44.1 Å². The van der Waals surface area contributed by atoms with Crippen molar-refractivity contribution in [2.45, 2.75) is 55.2 Å². The van der Waals surface area contributed by atoms with Gasteiger partial charge < -0.3 is 9.47 Å². The largest absolute Gasteiger partial charge is 0.484 e. The number of halogens is 2. The summed E-state index contributed by atoms with van der Waals surface area (Å²) in [5.74, 6) is -1.22. The topological polar surface area (TPSA) is 128 Å². The van der Waals surface area contributed by atoms with E-state index >= 15 is 0 Å². The van der Waals surface area contributed by atoms with Crippen molar-refractivity contribution in [3.63, 3.8) is 0 Å². The Balaban J connectivity index is 1.69. The van der Waals surface area contributed by atoms with Crippen LogP contribution in [0.25, 0.3) is 0 Å². The fourth-order valence-corrected chi connectivity index (χ4v) is 6.59. The highest BCUT2D eigenvalue weighted by molar-refractivity contribution is 7.92. The highest BCUT2D eigenvalue weighted by atomic mass is 32.2. The molecule has 220 valence electrons. The van der Waals surface area contributed by atoms with E-state index in [1.807, 2.05) is 0 Å². The van der Waals surface area contributed by atoms with Gasteiger partial charge >= 0.3 is 6.09 Å². The first-order valence-corrected chi connectivity index (χ1v) is 15.2. The molecule has 0 bridgehead atoms. The van der Waals surface area contributed by atoms with Crippen LogP contribution in [0.1, 0.15) is 27.7 Å². The second kappa shape index (κ2) is 11.3. The SMILES string of the molecule is C[C@H]1[C@@H](COS(=O)(=O)c2ccc(F)cc2)Oc2ccc(NC(=O)OC(C)(C)C)cc2N1S(=O)(=O)c1ccc(F)cc1. The van der Waals surface area contributed by atoms with Crippen molar-refractivity contribution in [2.75, 3.05) is 16.2 Å². The van der Waals surface area contributed by atoms with E-state index in [-0.39, 0.29) is 26.9 Å². The molecule has 3 aromatic carbocycles. The van der Waals surface area contributed by atoms with Crippen molar-refractivity contribution >= 4 is 37.6 Å². The summed E-state index contributed by atoms with van der Waals surface area (Å²) in [4.78, 5) is 11.8. The third-order valence-electron chi connectivity index (χ3n) is 5.89. The maximum Gasteiger partial charge on any atom is 0.412 e. The van der Waals surface area contributed by atoms with Gasteiger partial charge in [-0.2, -0.15) is 8.42 Å². The summed E-state index contributed by atoms with van der Waals surface area (Å²) in [6.45, 7) is 5.95. The van der Waals surface area contributed by atoms with Gasteiger partial charge in [-0.1, -0.05) is 0 Å². The predicted octanol–water partition coefficient (Wildman–Crippen LogP) is 5.06.